The van der Waals surface area contributed by atoms with Crippen molar-refractivity contribution in [3.63, 3.8) is 0 Å². The van der Waals surface area contributed by atoms with Crippen molar-refractivity contribution < 1.29 is 26.4 Å². The summed E-state index contributed by atoms with van der Waals surface area (Å²) in [6.45, 7) is 2.88. The summed E-state index contributed by atoms with van der Waals surface area (Å²) in [6.07, 6.45) is -3.25. The lowest BCUT2D eigenvalue weighted by Crippen LogP contribution is -2.43. The zero-order valence-electron chi connectivity index (χ0n) is 13.3. The molecular weight excluding hydrogens is 369 g/mol. The van der Waals surface area contributed by atoms with Crippen LogP contribution in [0.15, 0.2) is 18.2 Å². The molecule has 136 valence electrons. The molecule has 1 rings (SSSR count). The number of nitrogens with zero attached hydrogens (tertiary/aromatic N) is 1. The van der Waals surface area contributed by atoms with E-state index in [9.17, 15) is 26.4 Å². The van der Waals surface area contributed by atoms with Crippen LogP contribution in [-0.4, -0.2) is 33.2 Å². The van der Waals surface area contributed by atoms with Gasteiger partial charge in [0.05, 0.1) is 22.5 Å². The van der Waals surface area contributed by atoms with Gasteiger partial charge in [-0.15, -0.1) is 0 Å². The van der Waals surface area contributed by atoms with Crippen LogP contribution in [0.2, 0.25) is 5.02 Å². The lowest BCUT2D eigenvalue weighted by atomic mass is 10.2. The molecule has 1 aromatic carbocycles. The quantitative estimate of drug-likeness (QED) is 0.817. The maximum absolute atomic E-state index is 12.8. The lowest BCUT2D eigenvalue weighted by molar-refractivity contribution is -0.137. The van der Waals surface area contributed by atoms with Gasteiger partial charge in [0, 0.05) is 6.04 Å². The Morgan fingerprint density at radius 3 is 2.42 bits per heavy atom. The number of amides is 1. The Bertz CT molecular complexity index is 708. The van der Waals surface area contributed by atoms with Crippen LogP contribution < -0.4 is 9.62 Å². The summed E-state index contributed by atoms with van der Waals surface area (Å²) in [4.78, 5) is 12.0. The third kappa shape index (κ3) is 5.55. The second-order valence-corrected chi connectivity index (χ2v) is 7.62. The summed E-state index contributed by atoms with van der Waals surface area (Å²) in [5, 5.41) is 2.35. The molecule has 1 N–H and O–H groups in total. The number of benzene rings is 1. The Balaban J connectivity index is 3.26. The summed E-state index contributed by atoms with van der Waals surface area (Å²) < 4.78 is 63.0. The molecule has 0 saturated carbocycles. The van der Waals surface area contributed by atoms with Crippen LogP contribution in [0, 0.1) is 0 Å². The number of hydrogen-bond donors (Lipinski definition) is 1. The molecule has 0 spiro atoms. The van der Waals surface area contributed by atoms with Crippen LogP contribution in [0.1, 0.15) is 25.8 Å². The molecule has 0 bridgehead atoms. The van der Waals surface area contributed by atoms with Crippen molar-refractivity contribution in [1.29, 1.82) is 0 Å². The van der Waals surface area contributed by atoms with E-state index in [1.165, 1.54) is 0 Å². The van der Waals surface area contributed by atoms with Crippen LogP contribution in [0.4, 0.5) is 18.9 Å². The molecule has 0 fully saturated rings. The molecule has 10 heteroatoms. The summed E-state index contributed by atoms with van der Waals surface area (Å²) >= 11 is 5.86. The van der Waals surface area contributed by atoms with Crippen molar-refractivity contribution in [2.24, 2.45) is 0 Å². The smallest absolute Gasteiger partial charge is 0.352 e. The second-order valence-electron chi connectivity index (χ2n) is 5.31. The number of sulfonamides is 1. The largest absolute Gasteiger partial charge is 0.416 e. The fourth-order valence-corrected chi connectivity index (χ4v) is 2.94. The molecule has 0 aliphatic rings. The molecule has 0 unspecified atom stereocenters. The van der Waals surface area contributed by atoms with Gasteiger partial charge in [0.15, 0.2) is 0 Å². The molecule has 0 radical (unpaired) electrons. The first-order chi connectivity index (χ1) is 10.9. The van der Waals surface area contributed by atoms with E-state index in [2.05, 4.69) is 5.32 Å². The number of nitrogens with one attached hydrogen (secondary N) is 1. The minimum atomic E-state index is -4.67. The monoisotopic (exact) mass is 386 g/mol. The molecule has 0 heterocycles. The van der Waals surface area contributed by atoms with Crippen molar-refractivity contribution in [1.82, 2.24) is 5.32 Å². The van der Waals surface area contributed by atoms with Gasteiger partial charge in [-0.1, -0.05) is 18.5 Å². The first-order valence-corrected chi connectivity index (χ1v) is 9.22. The second kappa shape index (κ2) is 7.60. The van der Waals surface area contributed by atoms with E-state index in [-0.39, 0.29) is 11.1 Å². The molecular formula is C14H18ClF3N2O3S. The number of anilines is 1. The average molecular weight is 387 g/mol. The van der Waals surface area contributed by atoms with Gasteiger partial charge in [-0.2, -0.15) is 13.2 Å². The van der Waals surface area contributed by atoms with Gasteiger partial charge in [0.1, 0.15) is 6.54 Å². The topological polar surface area (TPSA) is 66.5 Å². The maximum atomic E-state index is 12.8. The van der Waals surface area contributed by atoms with Crippen LogP contribution in [-0.2, 0) is 21.0 Å². The third-order valence-electron chi connectivity index (χ3n) is 3.25. The molecule has 0 aromatic heterocycles. The van der Waals surface area contributed by atoms with Gasteiger partial charge in [0.25, 0.3) is 0 Å². The van der Waals surface area contributed by atoms with Crippen molar-refractivity contribution in [2.45, 2.75) is 32.5 Å². The highest BCUT2D eigenvalue weighted by Gasteiger charge is 2.33. The van der Waals surface area contributed by atoms with Gasteiger partial charge in [-0.25, -0.2) is 8.42 Å². The Hall–Kier alpha value is -1.48. The summed E-state index contributed by atoms with van der Waals surface area (Å²) in [6, 6.07) is 2.10. The number of halogens is 4. The van der Waals surface area contributed by atoms with Crippen LogP contribution in [0.5, 0.6) is 0 Å². The van der Waals surface area contributed by atoms with E-state index in [0.29, 0.717) is 16.8 Å². The lowest BCUT2D eigenvalue weighted by Gasteiger charge is -2.24. The predicted molar refractivity (Wildman–Crippen MR) is 86.5 cm³/mol. The number of hydrogen-bond acceptors (Lipinski definition) is 3. The van der Waals surface area contributed by atoms with E-state index in [1.807, 2.05) is 6.92 Å². The standard InChI is InChI=1S/C14H18ClF3N2O3S/c1-4-9(2)19-13(21)8-20(24(3,22)23)12-7-10(14(16,17)18)5-6-11(12)15/h5-7,9H,4,8H2,1-3H3,(H,19,21)/t9-/m0/s1. The van der Waals surface area contributed by atoms with Crippen LogP contribution in [0.25, 0.3) is 0 Å². The molecule has 1 amide bonds. The molecule has 24 heavy (non-hydrogen) atoms. The Morgan fingerprint density at radius 1 is 1.38 bits per heavy atom. The zero-order chi connectivity index (χ0) is 18.7. The first kappa shape index (κ1) is 20.6. The number of carbonyl (C=O) groups is 1. The Labute approximate surface area is 143 Å². The highest BCUT2D eigenvalue weighted by molar-refractivity contribution is 7.92. The molecule has 1 atom stereocenters. The van der Waals surface area contributed by atoms with Crippen LogP contribution >= 0.6 is 11.6 Å². The molecule has 1 aromatic rings. The average Bonchev–Trinajstić information content (AvgIpc) is 2.43. The van der Waals surface area contributed by atoms with E-state index in [0.717, 1.165) is 18.4 Å². The van der Waals surface area contributed by atoms with Gasteiger partial charge >= 0.3 is 6.18 Å². The summed E-state index contributed by atoms with van der Waals surface area (Å²) in [7, 11) is -4.02. The normalized spacial score (nSPS) is 13.5. The fourth-order valence-electron chi connectivity index (χ4n) is 1.81. The van der Waals surface area contributed by atoms with Crippen LogP contribution in [0.3, 0.4) is 0 Å². The number of alkyl halides is 3. The summed E-state index contributed by atoms with van der Waals surface area (Å²) in [5.41, 5.74) is -1.45. The SMILES string of the molecule is CC[C@H](C)NC(=O)CN(c1cc(C(F)(F)F)ccc1Cl)S(C)(=O)=O. The minimum absolute atomic E-state index is 0.198. The summed E-state index contributed by atoms with van der Waals surface area (Å²) in [5.74, 6) is -0.636. The first-order valence-electron chi connectivity index (χ1n) is 7.00. The fraction of sp³-hybridized carbons (Fsp3) is 0.500. The number of rotatable bonds is 6. The molecule has 5 nitrogen and oxygen atoms in total. The predicted octanol–water partition coefficient (Wildman–Crippen LogP) is 3.04. The maximum Gasteiger partial charge on any atom is 0.416 e. The van der Waals surface area contributed by atoms with E-state index < -0.39 is 39.9 Å². The van der Waals surface area contributed by atoms with Crippen molar-refractivity contribution in [3.05, 3.63) is 28.8 Å². The number of carbonyl (C=O) groups excluding carboxylic acids is 1. The molecule has 0 aliphatic carbocycles. The van der Waals surface area contributed by atoms with Gasteiger partial charge in [-0.05, 0) is 31.5 Å². The molecule has 0 saturated heterocycles. The zero-order valence-corrected chi connectivity index (χ0v) is 14.9. The van der Waals surface area contributed by atoms with Gasteiger partial charge in [-0.3, -0.25) is 9.10 Å². The van der Waals surface area contributed by atoms with E-state index in [1.54, 1.807) is 6.92 Å². The van der Waals surface area contributed by atoms with E-state index in [4.69, 9.17) is 11.6 Å². The van der Waals surface area contributed by atoms with Crippen molar-refractivity contribution in [2.75, 3.05) is 17.1 Å². The Morgan fingerprint density at radius 2 is 1.96 bits per heavy atom. The minimum Gasteiger partial charge on any atom is -0.352 e. The Kier molecular flexibility index (Phi) is 6.52. The highest BCUT2D eigenvalue weighted by atomic mass is 35.5. The van der Waals surface area contributed by atoms with Gasteiger partial charge < -0.3 is 5.32 Å². The van der Waals surface area contributed by atoms with Crippen molar-refractivity contribution >= 4 is 33.2 Å². The van der Waals surface area contributed by atoms with E-state index >= 15 is 0 Å². The highest BCUT2D eigenvalue weighted by Crippen LogP contribution is 2.36. The van der Waals surface area contributed by atoms with Gasteiger partial charge in [0.2, 0.25) is 15.9 Å². The molecule has 0 aliphatic heterocycles. The van der Waals surface area contributed by atoms with Crippen molar-refractivity contribution in [3.8, 4) is 0 Å². The third-order valence-corrected chi connectivity index (χ3v) is 4.70.